The number of para-hydroxylation sites is 1. The summed E-state index contributed by atoms with van der Waals surface area (Å²) in [4.78, 5) is 12.4. The molecule has 6 heteroatoms. The van der Waals surface area contributed by atoms with Crippen LogP contribution in [0, 0.1) is 0 Å². The van der Waals surface area contributed by atoms with Gasteiger partial charge in [-0.15, -0.1) is 0 Å². The van der Waals surface area contributed by atoms with Crippen LogP contribution in [0.15, 0.2) is 72.8 Å². The van der Waals surface area contributed by atoms with Gasteiger partial charge in [0.1, 0.15) is 11.5 Å². The first-order valence-corrected chi connectivity index (χ1v) is 8.97. The molecule has 3 aromatic rings. The normalized spacial score (nSPS) is 10.5. The van der Waals surface area contributed by atoms with Crippen LogP contribution in [0.4, 0.5) is 0 Å². The van der Waals surface area contributed by atoms with Gasteiger partial charge in [0.2, 0.25) is 0 Å². The van der Waals surface area contributed by atoms with E-state index in [9.17, 15) is 4.79 Å². The smallest absolute Gasteiger partial charge is 0.457 e. The Labute approximate surface area is 170 Å². The number of carbonyl (C=O) groups excluding carboxylic acids is 1. The topological polar surface area (TPSA) is 26.3 Å². The third-order valence-electron chi connectivity index (χ3n) is 3.28. The Balaban J connectivity index is 0.00000225. The van der Waals surface area contributed by atoms with Crippen molar-refractivity contribution < 1.29 is 28.4 Å². The molecule has 120 valence electrons. The number of hydrogen-bond acceptors (Lipinski definition) is 2. The molecule has 3 aromatic carbocycles. The van der Waals surface area contributed by atoms with Crippen molar-refractivity contribution in [3.05, 3.63) is 88.4 Å². The molecule has 0 amide bonds. The van der Waals surface area contributed by atoms with Crippen molar-refractivity contribution in [1.29, 1.82) is 0 Å². The number of halogens is 2. The van der Waals surface area contributed by atoms with E-state index in [2.05, 4.69) is 0 Å². The quantitative estimate of drug-likeness (QED) is 0.501. The average molecular weight is 382 g/mol. The Kier molecular flexibility index (Phi) is 7.57. The van der Waals surface area contributed by atoms with E-state index in [1.165, 1.54) is 0 Å². The van der Waals surface area contributed by atoms with Gasteiger partial charge in [-0.3, -0.25) is 4.79 Å². The van der Waals surface area contributed by atoms with Crippen molar-refractivity contribution in [3.8, 4) is 11.5 Å². The molecule has 2 nitrogen and oxygen atoms in total. The zero-order chi connectivity index (χ0) is 16.9. The summed E-state index contributed by atoms with van der Waals surface area (Å²) in [7, 11) is -0.0506. The van der Waals surface area contributed by atoms with Gasteiger partial charge in [0.05, 0.1) is 15.6 Å². The predicted octanol–water partition coefficient (Wildman–Crippen LogP) is 2.93. The molecule has 1 unspecified atom stereocenters. The van der Waals surface area contributed by atoms with Gasteiger partial charge in [-0.2, -0.15) is 0 Å². The average Bonchev–Trinajstić information content (AvgIpc) is 2.57. The standard InChI is InChI=1S/C19H13Cl2O2P.Li/c20-16-7-4-8-17(21)18(16)19(22)24-15-11-9-14(10-12-15)23-13-5-2-1-3-6-13;/h1-12,24H;/q;+1. The van der Waals surface area contributed by atoms with Crippen molar-refractivity contribution in [2.75, 3.05) is 0 Å². The van der Waals surface area contributed by atoms with Gasteiger partial charge < -0.3 is 4.74 Å². The van der Waals surface area contributed by atoms with Gasteiger partial charge in [-0.1, -0.05) is 59.6 Å². The molecule has 0 saturated heterocycles. The van der Waals surface area contributed by atoms with Crippen LogP contribution in [-0.2, 0) is 0 Å². The van der Waals surface area contributed by atoms with Crippen LogP contribution in [0.2, 0.25) is 10.0 Å². The second kappa shape index (κ2) is 9.44. The third-order valence-corrected chi connectivity index (χ3v) is 5.01. The van der Waals surface area contributed by atoms with Gasteiger partial charge in [-0.05, 0) is 50.3 Å². The first-order valence-electron chi connectivity index (χ1n) is 7.22. The molecular weight excluding hydrogens is 369 g/mol. The molecule has 1 atom stereocenters. The molecule has 0 aliphatic rings. The first kappa shape index (κ1) is 20.1. The molecular formula is C19H13Cl2LiO2P+. The van der Waals surface area contributed by atoms with E-state index in [-0.39, 0.29) is 33.0 Å². The largest absolute Gasteiger partial charge is 1.00 e. The molecule has 0 fully saturated rings. The summed E-state index contributed by atoms with van der Waals surface area (Å²) in [5, 5.41) is 1.66. The maximum atomic E-state index is 12.4. The van der Waals surface area contributed by atoms with Crippen molar-refractivity contribution in [1.82, 2.24) is 0 Å². The number of rotatable bonds is 5. The Morgan fingerprint density at radius 1 is 0.760 bits per heavy atom. The molecule has 0 aliphatic heterocycles. The summed E-state index contributed by atoms with van der Waals surface area (Å²) in [6.45, 7) is 0. The van der Waals surface area contributed by atoms with Crippen molar-refractivity contribution in [2.45, 2.75) is 0 Å². The van der Waals surface area contributed by atoms with Crippen LogP contribution >= 0.6 is 31.8 Å². The summed E-state index contributed by atoms with van der Waals surface area (Å²) in [5.41, 5.74) is 0.297. The fraction of sp³-hybridized carbons (Fsp3) is 0. The summed E-state index contributed by atoms with van der Waals surface area (Å²) >= 11 is 12.2. The maximum Gasteiger partial charge on any atom is 1.00 e. The molecule has 0 aromatic heterocycles. The van der Waals surface area contributed by atoms with Crippen molar-refractivity contribution in [2.24, 2.45) is 0 Å². The number of benzene rings is 3. The maximum absolute atomic E-state index is 12.4. The van der Waals surface area contributed by atoms with Gasteiger partial charge in [0.25, 0.3) is 0 Å². The molecule has 3 rings (SSSR count). The molecule has 0 bridgehead atoms. The summed E-state index contributed by atoms with van der Waals surface area (Å²) < 4.78 is 5.74. The molecule has 0 aliphatic carbocycles. The second-order valence-corrected chi connectivity index (χ2v) is 7.09. The van der Waals surface area contributed by atoms with E-state index in [1.807, 2.05) is 54.6 Å². The summed E-state index contributed by atoms with van der Waals surface area (Å²) in [6.07, 6.45) is 0. The van der Waals surface area contributed by atoms with Crippen molar-refractivity contribution in [3.63, 3.8) is 0 Å². The summed E-state index contributed by atoms with van der Waals surface area (Å²) in [6, 6.07) is 22.0. The minimum absolute atomic E-state index is 0. The Morgan fingerprint density at radius 3 is 1.92 bits per heavy atom. The molecule has 25 heavy (non-hydrogen) atoms. The van der Waals surface area contributed by atoms with E-state index < -0.39 is 0 Å². The number of ether oxygens (including phenoxy) is 1. The third kappa shape index (κ3) is 5.35. The van der Waals surface area contributed by atoms with Crippen LogP contribution in [0.3, 0.4) is 0 Å². The summed E-state index contributed by atoms with van der Waals surface area (Å²) in [5.74, 6) is 1.49. The monoisotopic (exact) mass is 381 g/mol. The molecule has 0 saturated carbocycles. The first-order chi connectivity index (χ1) is 11.6. The Morgan fingerprint density at radius 2 is 1.32 bits per heavy atom. The molecule has 0 spiro atoms. The van der Waals surface area contributed by atoms with E-state index in [0.717, 1.165) is 16.8 Å². The van der Waals surface area contributed by atoms with E-state index in [1.54, 1.807) is 18.2 Å². The van der Waals surface area contributed by atoms with E-state index in [4.69, 9.17) is 27.9 Å². The fourth-order valence-corrected chi connectivity index (χ4v) is 3.86. The van der Waals surface area contributed by atoms with Crippen LogP contribution in [0.5, 0.6) is 11.5 Å². The number of carbonyl (C=O) groups is 1. The van der Waals surface area contributed by atoms with Gasteiger partial charge in [0.15, 0.2) is 5.52 Å². The molecule has 0 heterocycles. The number of hydrogen-bond donors (Lipinski definition) is 0. The molecule has 0 radical (unpaired) electrons. The fourth-order valence-electron chi connectivity index (χ4n) is 2.14. The van der Waals surface area contributed by atoms with Gasteiger partial charge in [-0.25, -0.2) is 0 Å². The van der Waals surface area contributed by atoms with Gasteiger partial charge in [0, 0.05) is 0 Å². The zero-order valence-corrected chi connectivity index (χ0v) is 16.0. The van der Waals surface area contributed by atoms with Crippen LogP contribution < -0.4 is 28.9 Å². The van der Waals surface area contributed by atoms with Crippen LogP contribution in [-0.4, -0.2) is 5.52 Å². The Hall–Kier alpha value is -1.26. The van der Waals surface area contributed by atoms with Gasteiger partial charge >= 0.3 is 18.9 Å². The van der Waals surface area contributed by atoms with Crippen molar-refractivity contribution >= 4 is 42.6 Å². The predicted molar refractivity (Wildman–Crippen MR) is 102 cm³/mol. The minimum atomic E-state index is -0.0812. The minimum Gasteiger partial charge on any atom is -0.457 e. The van der Waals surface area contributed by atoms with E-state index in [0.29, 0.717) is 15.6 Å². The molecule has 0 N–H and O–H groups in total. The SMILES string of the molecule is O=C(Pc1ccc(Oc2ccccc2)cc1)c1c(Cl)cccc1Cl.[Li+]. The zero-order valence-electron chi connectivity index (χ0n) is 13.5. The Bertz CT molecular complexity index is 835. The van der Waals surface area contributed by atoms with Crippen LogP contribution in [0.1, 0.15) is 10.4 Å². The second-order valence-electron chi connectivity index (χ2n) is 4.99. The van der Waals surface area contributed by atoms with Crippen LogP contribution in [0.25, 0.3) is 0 Å². The van der Waals surface area contributed by atoms with E-state index >= 15 is 0 Å².